The molecule has 0 spiro atoms. The maximum atomic E-state index is 8.58. The smallest absolute Gasteiger partial charge is 0.140 e. The Labute approximate surface area is 88.7 Å². The molecule has 1 fully saturated rings. The maximum Gasteiger partial charge on any atom is 0.140 e. The molecule has 0 amide bonds. The molecule has 0 bridgehead atoms. The molecule has 1 saturated carbocycles. The average Bonchev–Trinajstić information content (AvgIpc) is 2.66. The fourth-order valence-corrected chi connectivity index (χ4v) is 1.79. The van der Waals surface area contributed by atoms with E-state index >= 15 is 0 Å². The second kappa shape index (κ2) is 4.28. The lowest BCUT2D eigenvalue weighted by Gasteiger charge is -2.17. The number of nitrogens with two attached hydrogens (primary N) is 1. The molecule has 0 aromatic carbocycles. The van der Waals surface area contributed by atoms with Gasteiger partial charge in [0.2, 0.25) is 0 Å². The number of rotatable bonds is 2. The van der Waals surface area contributed by atoms with Crippen LogP contribution in [0, 0.1) is 11.3 Å². The number of aromatic nitrogens is 1. The van der Waals surface area contributed by atoms with Gasteiger partial charge in [-0.1, -0.05) is 0 Å². The van der Waals surface area contributed by atoms with Crippen LogP contribution in [0.1, 0.15) is 25.0 Å². The minimum atomic E-state index is 0.0970. The van der Waals surface area contributed by atoms with Gasteiger partial charge in [0.15, 0.2) is 0 Å². The van der Waals surface area contributed by atoms with Crippen molar-refractivity contribution in [3.05, 3.63) is 24.0 Å². The highest BCUT2D eigenvalue weighted by Crippen LogP contribution is 2.22. The summed E-state index contributed by atoms with van der Waals surface area (Å²) < 4.78 is 5.69. The normalized spacial score (nSPS) is 24.8. The highest BCUT2D eigenvalue weighted by molar-refractivity contribution is 5.26. The molecule has 0 radical (unpaired) electrons. The van der Waals surface area contributed by atoms with Gasteiger partial charge in [-0.05, 0) is 31.4 Å². The number of nitriles is 1. The first kappa shape index (κ1) is 9.94. The summed E-state index contributed by atoms with van der Waals surface area (Å²) in [5.41, 5.74) is 6.29. The quantitative estimate of drug-likeness (QED) is 0.784. The monoisotopic (exact) mass is 203 g/mol. The lowest BCUT2D eigenvalue weighted by atomic mass is 10.2. The molecule has 1 aromatic heterocycles. The Morgan fingerprint density at radius 1 is 1.47 bits per heavy atom. The maximum absolute atomic E-state index is 8.58. The van der Waals surface area contributed by atoms with E-state index in [9.17, 15) is 0 Å². The van der Waals surface area contributed by atoms with Gasteiger partial charge >= 0.3 is 0 Å². The fraction of sp³-hybridized carbons (Fsp3) is 0.455. The number of ether oxygens (including phenoxy) is 1. The van der Waals surface area contributed by atoms with E-state index in [1.165, 1.54) is 0 Å². The topological polar surface area (TPSA) is 71.9 Å². The van der Waals surface area contributed by atoms with E-state index in [-0.39, 0.29) is 12.1 Å². The van der Waals surface area contributed by atoms with Crippen molar-refractivity contribution in [2.75, 3.05) is 0 Å². The zero-order chi connectivity index (χ0) is 10.7. The van der Waals surface area contributed by atoms with Gasteiger partial charge in [0.1, 0.15) is 23.6 Å². The lowest BCUT2D eigenvalue weighted by molar-refractivity contribution is 0.191. The minimum Gasteiger partial charge on any atom is -0.487 e. The van der Waals surface area contributed by atoms with E-state index < -0.39 is 0 Å². The molecule has 2 rings (SSSR count). The molecule has 2 N–H and O–H groups in total. The molecule has 0 aliphatic heterocycles. The number of nitrogens with zero attached hydrogens (tertiary/aromatic N) is 2. The average molecular weight is 203 g/mol. The summed E-state index contributed by atoms with van der Waals surface area (Å²) in [7, 11) is 0. The summed E-state index contributed by atoms with van der Waals surface area (Å²) in [4.78, 5) is 3.94. The Kier molecular flexibility index (Phi) is 2.84. The van der Waals surface area contributed by atoms with Crippen LogP contribution in [0.5, 0.6) is 5.75 Å². The number of pyridine rings is 1. The van der Waals surface area contributed by atoms with E-state index in [0.717, 1.165) is 19.3 Å². The van der Waals surface area contributed by atoms with Gasteiger partial charge in [0, 0.05) is 6.04 Å². The van der Waals surface area contributed by atoms with Crippen molar-refractivity contribution in [2.24, 2.45) is 5.73 Å². The molecule has 0 saturated heterocycles. The first-order chi connectivity index (χ1) is 7.29. The van der Waals surface area contributed by atoms with E-state index in [0.29, 0.717) is 11.4 Å². The highest BCUT2D eigenvalue weighted by Gasteiger charge is 2.25. The second-order valence-electron chi connectivity index (χ2n) is 3.74. The SMILES string of the molecule is N#Cc1ccc(OC2CCCC2N)cn1. The Morgan fingerprint density at radius 3 is 2.87 bits per heavy atom. The van der Waals surface area contributed by atoms with Gasteiger partial charge in [-0.15, -0.1) is 0 Å². The Bertz CT molecular complexity index is 368. The largest absolute Gasteiger partial charge is 0.487 e. The zero-order valence-electron chi connectivity index (χ0n) is 8.39. The van der Waals surface area contributed by atoms with Crippen molar-refractivity contribution in [2.45, 2.75) is 31.4 Å². The van der Waals surface area contributed by atoms with Crippen LogP contribution in [0.15, 0.2) is 18.3 Å². The molecule has 1 aliphatic rings. The molecule has 2 unspecified atom stereocenters. The van der Waals surface area contributed by atoms with Gasteiger partial charge < -0.3 is 10.5 Å². The second-order valence-corrected chi connectivity index (χ2v) is 3.74. The molecular formula is C11H13N3O. The standard InChI is InChI=1S/C11H13N3O/c12-6-8-4-5-9(7-14-8)15-11-3-1-2-10(11)13/h4-5,7,10-11H,1-3,13H2. The summed E-state index contributed by atoms with van der Waals surface area (Å²) in [5.74, 6) is 0.691. The third-order valence-corrected chi connectivity index (χ3v) is 2.64. The van der Waals surface area contributed by atoms with Gasteiger partial charge in [0.05, 0.1) is 6.20 Å². The molecule has 2 atom stereocenters. The lowest BCUT2D eigenvalue weighted by Crippen LogP contribution is -2.33. The van der Waals surface area contributed by atoms with Crippen molar-refractivity contribution in [1.29, 1.82) is 5.26 Å². The van der Waals surface area contributed by atoms with Crippen LogP contribution in [0.4, 0.5) is 0 Å². The van der Waals surface area contributed by atoms with Crippen LogP contribution in [0.2, 0.25) is 0 Å². The molecule has 4 nitrogen and oxygen atoms in total. The third-order valence-electron chi connectivity index (χ3n) is 2.64. The van der Waals surface area contributed by atoms with Crippen LogP contribution in [0.3, 0.4) is 0 Å². The Hall–Kier alpha value is -1.60. The van der Waals surface area contributed by atoms with Gasteiger partial charge in [-0.25, -0.2) is 4.98 Å². The van der Waals surface area contributed by atoms with E-state index in [1.54, 1.807) is 18.3 Å². The van der Waals surface area contributed by atoms with Crippen molar-refractivity contribution in [3.63, 3.8) is 0 Å². The number of hydrogen-bond donors (Lipinski definition) is 1. The number of hydrogen-bond acceptors (Lipinski definition) is 4. The fourth-order valence-electron chi connectivity index (χ4n) is 1.79. The molecule has 1 aromatic rings. The molecule has 1 heterocycles. The van der Waals surface area contributed by atoms with Crippen molar-refractivity contribution in [1.82, 2.24) is 4.98 Å². The predicted molar refractivity (Wildman–Crippen MR) is 55.2 cm³/mol. The van der Waals surface area contributed by atoms with Crippen molar-refractivity contribution in [3.8, 4) is 11.8 Å². The predicted octanol–water partition coefficient (Wildman–Crippen LogP) is 1.21. The van der Waals surface area contributed by atoms with Crippen LogP contribution < -0.4 is 10.5 Å². The van der Waals surface area contributed by atoms with E-state index in [1.807, 2.05) is 6.07 Å². The zero-order valence-corrected chi connectivity index (χ0v) is 8.39. The van der Waals surface area contributed by atoms with Gasteiger partial charge in [-0.3, -0.25) is 0 Å². The first-order valence-electron chi connectivity index (χ1n) is 5.08. The third kappa shape index (κ3) is 2.25. The first-order valence-corrected chi connectivity index (χ1v) is 5.08. The molecule has 15 heavy (non-hydrogen) atoms. The van der Waals surface area contributed by atoms with Crippen LogP contribution in [0.25, 0.3) is 0 Å². The van der Waals surface area contributed by atoms with Crippen LogP contribution in [-0.2, 0) is 0 Å². The highest BCUT2D eigenvalue weighted by atomic mass is 16.5. The molecular weight excluding hydrogens is 190 g/mol. The molecule has 1 aliphatic carbocycles. The summed E-state index contributed by atoms with van der Waals surface area (Å²) in [5, 5.41) is 8.58. The van der Waals surface area contributed by atoms with Crippen LogP contribution >= 0.6 is 0 Å². The van der Waals surface area contributed by atoms with E-state index in [2.05, 4.69) is 4.98 Å². The summed E-state index contributed by atoms with van der Waals surface area (Å²) in [6.07, 6.45) is 4.81. The summed E-state index contributed by atoms with van der Waals surface area (Å²) in [6.45, 7) is 0. The minimum absolute atomic E-state index is 0.0970. The van der Waals surface area contributed by atoms with Crippen molar-refractivity contribution < 1.29 is 4.74 Å². The van der Waals surface area contributed by atoms with Crippen molar-refractivity contribution >= 4 is 0 Å². The molecule has 78 valence electrons. The Morgan fingerprint density at radius 2 is 2.33 bits per heavy atom. The summed E-state index contributed by atoms with van der Waals surface area (Å²) >= 11 is 0. The van der Waals surface area contributed by atoms with Gasteiger partial charge in [0.25, 0.3) is 0 Å². The molecule has 4 heteroatoms. The van der Waals surface area contributed by atoms with E-state index in [4.69, 9.17) is 15.7 Å². The Balaban J connectivity index is 2.02. The summed E-state index contributed by atoms with van der Waals surface area (Å²) in [6, 6.07) is 5.50. The van der Waals surface area contributed by atoms with Gasteiger partial charge in [-0.2, -0.15) is 5.26 Å². The van der Waals surface area contributed by atoms with Crippen LogP contribution in [-0.4, -0.2) is 17.1 Å².